The molecular weight excluding hydrogens is 536 g/mol. The molecule has 7 rings (SSSR count). The molecule has 2 aliphatic heterocycles. The van der Waals surface area contributed by atoms with Crippen molar-refractivity contribution in [3.05, 3.63) is 143 Å². The fraction of sp³-hybridized carbons (Fsp3) is 0.167. The molecule has 0 unspecified atom stereocenters. The molecule has 0 aliphatic carbocycles. The number of rotatable bonds is 2. The van der Waals surface area contributed by atoms with Crippen molar-refractivity contribution < 1.29 is 17.6 Å². The van der Waals surface area contributed by atoms with Gasteiger partial charge < -0.3 is 9.80 Å². The first kappa shape index (κ1) is 26.3. The van der Waals surface area contributed by atoms with Crippen molar-refractivity contribution in [3.63, 3.8) is 0 Å². The van der Waals surface area contributed by atoms with E-state index in [1.54, 1.807) is 24.3 Å². The molecule has 0 saturated heterocycles. The highest BCUT2D eigenvalue weighted by atomic mass is 19.1. The zero-order valence-corrected chi connectivity index (χ0v) is 23.6. The summed E-state index contributed by atoms with van der Waals surface area (Å²) in [6.45, 7) is 7.88. The smallest absolute Gasteiger partial charge is 0.123 e. The quantitative estimate of drug-likeness (QED) is 0.197. The van der Waals surface area contributed by atoms with Gasteiger partial charge in [-0.2, -0.15) is 0 Å². The van der Waals surface area contributed by atoms with Crippen molar-refractivity contribution in [2.45, 2.75) is 38.5 Å². The van der Waals surface area contributed by atoms with Crippen LogP contribution < -0.4 is 9.80 Å². The van der Waals surface area contributed by atoms with Gasteiger partial charge in [0.1, 0.15) is 23.3 Å². The monoisotopic (exact) mass is 564 g/mol. The maximum Gasteiger partial charge on any atom is 0.123 e. The molecule has 0 radical (unpaired) electrons. The molecule has 0 N–H and O–H groups in total. The van der Waals surface area contributed by atoms with Crippen molar-refractivity contribution in [2.24, 2.45) is 0 Å². The van der Waals surface area contributed by atoms with E-state index in [-0.39, 0.29) is 23.3 Å². The first-order valence-electron chi connectivity index (χ1n) is 13.9. The number of hydrogen-bond acceptors (Lipinski definition) is 2. The third-order valence-corrected chi connectivity index (χ3v) is 8.84. The highest BCUT2D eigenvalue weighted by Crippen LogP contribution is 2.55. The second-order valence-electron chi connectivity index (χ2n) is 12.1. The number of nitrogens with zero attached hydrogens (tertiary/aromatic N) is 2. The number of anilines is 6. The standard InChI is InChI=1S/C36H28F4N2/c1-35(2)27-16-21(37)8-12-31(27)41(32-13-9-22(38)17-28(32)35)25-6-5-7-26(20-25)42-33-14-10-23(39)18-29(33)36(3,4)30-19-24(40)11-15-34(30)42/h5-20H,1-4H3. The molecule has 42 heavy (non-hydrogen) atoms. The molecule has 0 fully saturated rings. The number of hydrogen-bond donors (Lipinski definition) is 0. The summed E-state index contributed by atoms with van der Waals surface area (Å²) in [5.41, 5.74) is 6.41. The van der Waals surface area contributed by atoms with Gasteiger partial charge in [0.2, 0.25) is 0 Å². The van der Waals surface area contributed by atoms with Crippen molar-refractivity contribution >= 4 is 34.1 Å². The van der Waals surface area contributed by atoms with E-state index in [4.69, 9.17) is 0 Å². The average molecular weight is 565 g/mol. The van der Waals surface area contributed by atoms with Crippen molar-refractivity contribution in [1.29, 1.82) is 0 Å². The van der Waals surface area contributed by atoms with Crippen LogP contribution in [0.3, 0.4) is 0 Å². The molecule has 5 aromatic rings. The van der Waals surface area contributed by atoms with E-state index >= 15 is 0 Å². The van der Waals surface area contributed by atoms with Crippen molar-refractivity contribution in [3.8, 4) is 0 Å². The second-order valence-corrected chi connectivity index (χ2v) is 12.1. The molecule has 0 atom stereocenters. The predicted molar refractivity (Wildman–Crippen MR) is 160 cm³/mol. The largest absolute Gasteiger partial charge is 0.310 e. The van der Waals surface area contributed by atoms with Gasteiger partial charge in [0.15, 0.2) is 0 Å². The zero-order valence-electron chi connectivity index (χ0n) is 23.6. The molecule has 0 amide bonds. The maximum absolute atomic E-state index is 14.6. The van der Waals surface area contributed by atoms with Gasteiger partial charge in [0, 0.05) is 22.2 Å². The minimum Gasteiger partial charge on any atom is -0.310 e. The lowest BCUT2D eigenvalue weighted by Gasteiger charge is -2.43. The molecule has 2 nitrogen and oxygen atoms in total. The van der Waals surface area contributed by atoms with Crippen molar-refractivity contribution in [2.75, 3.05) is 9.80 Å². The summed E-state index contributed by atoms with van der Waals surface area (Å²) < 4.78 is 58.3. The first-order chi connectivity index (χ1) is 20.0. The Morgan fingerprint density at radius 3 is 0.976 bits per heavy atom. The topological polar surface area (TPSA) is 6.48 Å². The Labute approximate surface area is 242 Å². The normalized spacial score (nSPS) is 15.9. The van der Waals surface area contributed by atoms with E-state index in [1.165, 1.54) is 48.5 Å². The van der Waals surface area contributed by atoms with Gasteiger partial charge in [-0.1, -0.05) is 33.8 Å². The van der Waals surface area contributed by atoms with Crippen LogP contribution in [0.1, 0.15) is 49.9 Å². The maximum atomic E-state index is 14.6. The Morgan fingerprint density at radius 2 is 0.690 bits per heavy atom. The van der Waals surface area contributed by atoms with Gasteiger partial charge >= 0.3 is 0 Å². The lowest BCUT2D eigenvalue weighted by molar-refractivity contribution is 0.583. The van der Waals surface area contributed by atoms with Crippen LogP contribution in [0.15, 0.2) is 97.1 Å². The van der Waals surface area contributed by atoms with Gasteiger partial charge in [-0.25, -0.2) is 17.6 Å². The Morgan fingerprint density at radius 1 is 0.405 bits per heavy atom. The number of benzene rings is 5. The van der Waals surface area contributed by atoms with Crippen molar-refractivity contribution in [1.82, 2.24) is 0 Å². The van der Waals surface area contributed by atoms with E-state index in [0.717, 1.165) is 56.4 Å². The Balaban J connectivity index is 1.46. The zero-order chi connectivity index (χ0) is 29.6. The molecule has 0 aromatic heterocycles. The fourth-order valence-electron chi connectivity index (χ4n) is 6.69. The van der Waals surface area contributed by atoms with Crippen LogP contribution in [-0.4, -0.2) is 0 Å². The lowest BCUT2D eigenvalue weighted by atomic mass is 9.73. The third kappa shape index (κ3) is 3.78. The Hall–Kier alpha value is -4.58. The van der Waals surface area contributed by atoms with Crippen LogP contribution in [0.5, 0.6) is 0 Å². The van der Waals surface area contributed by atoms with E-state index in [9.17, 15) is 17.6 Å². The summed E-state index contributed by atoms with van der Waals surface area (Å²) in [6, 6.07) is 26.6. The van der Waals surface area contributed by atoms with Gasteiger partial charge in [0.05, 0.1) is 22.7 Å². The Bertz CT molecular complexity index is 1660. The highest BCUT2D eigenvalue weighted by molar-refractivity contribution is 5.90. The molecular formula is C36H28F4N2. The number of halogens is 4. The minimum absolute atomic E-state index is 0.362. The van der Waals surface area contributed by atoms with E-state index in [0.29, 0.717) is 0 Å². The van der Waals surface area contributed by atoms with E-state index < -0.39 is 10.8 Å². The predicted octanol–water partition coefficient (Wildman–Crippen LogP) is 10.5. The second kappa shape index (κ2) is 8.96. The number of fused-ring (bicyclic) bond motifs is 4. The first-order valence-corrected chi connectivity index (χ1v) is 13.9. The average Bonchev–Trinajstić information content (AvgIpc) is 2.95. The summed E-state index contributed by atoms with van der Waals surface area (Å²) in [6.07, 6.45) is 0. The molecule has 0 bridgehead atoms. The summed E-state index contributed by atoms with van der Waals surface area (Å²) in [5.74, 6) is -1.45. The van der Waals surface area contributed by atoms with Crippen LogP contribution in [-0.2, 0) is 10.8 Å². The van der Waals surface area contributed by atoms with E-state index in [1.807, 2.05) is 61.8 Å². The summed E-state index contributed by atoms with van der Waals surface area (Å²) in [5, 5.41) is 0. The van der Waals surface area contributed by atoms with Gasteiger partial charge in [-0.3, -0.25) is 0 Å². The van der Waals surface area contributed by atoms with Crippen LogP contribution in [0.25, 0.3) is 0 Å². The lowest BCUT2D eigenvalue weighted by Crippen LogP contribution is -2.32. The molecule has 6 heteroatoms. The van der Waals surface area contributed by atoms with Gasteiger partial charge in [0.25, 0.3) is 0 Å². The summed E-state index contributed by atoms with van der Waals surface area (Å²) in [4.78, 5) is 4.03. The molecule has 2 aliphatic rings. The molecule has 0 saturated carbocycles. The Kier molecular flexibility index (Phi) is 5.62. The van der Waals surface area contributed by atoms with Gasteiger partial charge in [-0.05, 0) is 113 Å². The summed E-state index contributed by atoms with van der Waals surface area (Å²) in [7, 11) is 0. The van der Waals surface area contributed by atoms with Crippen LogP contribution >= 0.6 is 0 Å². The van der Waals surface area contributed by atoms with Crippen LogP contribution in [0.4, 0.5) is 51.7 Å². The molecule has 2 heterocycles. The molecule has 210 valence electrons. The third-order valence-electron chi connectivity index (χ3n) is 8.84. The summed E-state index contributed by atoms with van der Waals surface area (Å²) >= 11 is 0. The molecule has 0 spiro atoms. The highest BCUT2D eigenvalue weighted by Gasteiger charge is 2.39. The van der Waals surface area contributed by atoms with Crippen LogP contribution in [0, 0.1) is 23.3 Å². The SMILES string of the molecule is CC1(C)c2cc(F)ccc2N(c2cccc(N3c4ccc(F)cc4C(C)(C)c4cc(F)ccc43)c2)c2ccc(F)cc21. The molecule has 5 aromatic carbocycles. The minimum atomic E-state index is -0.645. The van der Waals surface area contributed by atoms with E-state index in [2.05, 4.69) is 0 Å². The van der Waals surface area contributed by atoms with Gasteiger partial charge in [-0.15, -0.1) is 0 Å². The fourth-order valence-corrected chi connectivity index (χ4v) is 6.69. The van der Waals surface area contributed by atoms with Crippen LogP contribution in [0.2, 0.25) is 0 Å².